The zero-order chi connectivity index (χ0) is 14.4. The van der Waals surface area contributed by atoms with E-state index >= 15 is 0 Å². The summed E-state index contributed by atoms with van der Waals surface area (Å²) in [5, 5.41) is 11.4. The first-order valence-electron chi connectivity index (χ1n) is 5.76. The van der Waals surface area contributed by atoms with E-state index in [9.17, 15) is 4.79 Å². The Morgan fingerprint density at radius 1 is 1.45 bits per heavy atom. The molecule has 2 N–H and O–H groups in total. The number of nitrogens with zero attached hydrogens (tertiary/aromatic N) is 1. The molecule has 0 aromatic carbocycles. The van der Waals surface area contributed by atoms with Gasteiger partial charge in [-0.25, -0.2) is 0 Å². The maximum absolute atomic E-state index is 12.0. The normalized spacial score (nSPS) is 9.70. The molecule has 0 spiro atoms. The second-order valence-electron chi connectivity index (χ2n) is 3.81. The summed E-state index contributed by atoms with van der Waals surface area (Å²) in [7, 11) is 0. The average molecular weight is 307 g/mol. The summed E-state index contributed by atoms with van der Waals surface area (Å²) in [6.07, 6.45) is 3.01. The van der Waals surface area contributed by atoms with Gasteiger partial charge in [0.05, 0.1) is 16.4 Å². The van der Waals surface area contributed by atoms with E-state index in [1.807, 2.05) is 6.07 Å². The molecule has 1 amide bonds. The molecule has 20 heavy (non-hydrogen) atoms. The van der Waals surface area contributed by atoms with Crippen molar-refractivity contribution in [2.45, 2.75) is 6.54 Å². The van der Waals surface area contributed by atoms with Gasteiger partial charge in [-0.15, -0.1) is 11.3 Å². The number of aliphatic hydroxyl groups is 1. The number of halogens is 1. The SMILES string of the molecule is O=C(NCc1ccc(Cl)s1)c1cncc(C#CCO)c1. The Labute approximate surface area is 125 Å². The topological polar surface area (TPSA) is 62.2 Å². The summed E-state index contributed by atoms with van der Waals surface area (Å²) < 4.78 is 0.692. The van der Waals surface area contributed by atoms with Crippen molar-refractivity contribution in [1.82, 2.24) is 10.3 Å². The predicted octanol–water partition coefficient (Wildman–Crippen LogP) is 2.07. The monoisotopic (exact) mass is 306 g/mol. The highest BCUT2D eigenvalue weighted by Gasteiger charge is 2.07. The summed E-state index contributed by atoms with van der Waals surface area (Å²) in [5.74, 6) is 4.99. The number of hydrogen-bond acceptors (Lipinski definition) is 4. The number of pyridine rings is 1. The average Bonchev–Trinajstić information content (AvgIpc) is 2.88. The smallest absolute Gasteiger partial charge is 0.253 e. The highest BCUT2D eigenvalue weighted by molar-refractivity contribution is 7.16. The lowest BCUT2D eigenvalue weighted by Gasteiger charge is -2.03. The number of aromatic nitrogens is 1. The van der Waals surface area contributed by atoms with E-state index in [-0.39, 0.29) is 12.5 Å². The van der Waals surface area contributed by atoms with Crippen LogP contribution < -0.4 is 5.32 Å². The van der Waals surface area contributed by atoms with Gasteiger partial charge in [-0.1, -0.05) is 23.4 Å². The molecule has 0 bridgehead atoms. The van der Waals surface area contributed by atoms with Crippen molar-refractivity contribution in [3.05, 3.63) is 50.9 Å². The Balaban J connectivity index is 2.01. The van der Waals surface area contributed by atoms with E-state index in [4.69, 9.17) is 16.7 Å². The number of rotatable bonds is 3. The van der Waals surface area contributed by atoms with Crippen LogP contribution in [0, 0.1) is 11.8 Å². The molecule has 0 aliphatic carbocycles. The highest BCUT2D eigenvalue weighted by Crippen LogP contribution is 2.21. The second kappa shape index (κ2) is 7.06. The molecule has 2 aromatic heterocycles. The summed E-state index contributed by atoms with van der Waals surface area (Å²) in [6, 6.07) is 5.29. The van der Waals surface area contributed by atoms with Crippen LogP contribution in [0.4, 0.5) is 0 Å². The van der Waals surface area contributed by atoms with Crippen LogP contribution in [0.2, 0.25) is 4.34 Å². The summed E-state index contributed by atoms with van der Waals surface area (Å²) in [5.41, 5.74) is 1.02. The number of carbonyl (C=O) groups is 1. The third-order valence-electron chi connectivity index (χ3n) is 2.36. The number of carbonyl (C=O) groups excluding carboxylic acids is 1. The fourth-order valence-electron chi connectivity index (χ4n) is 1.49. The van der Waals surface area contributed by atoms with Crippen LogP contribution in [-0.4, -0.2) is 22.6 Å². The number of aliphatic hydroxyl groups excluding tert-OH is 1. The van der Waals surface area contributed by atoms with Crippen molar-refractivity contribution in [2.24, 2.45) is 0 Å². The van der Waals surface area contributed by atoms with E-state index < -0.39 is 0 Å². The Kier molecular flexibility index (Phi) is 5.13. The predicted molar refractivity (Wildman–Crippen MR) is 78.7 cm³/mol. The lowest BCUT2D eigenvalue weighted by Crippen LogP contribution is -2.22. The first-order chi connectivity index (χ1) is 9.69. The largest absolute Gasteiger partial charge is 0.384 e. The lowest BCUT2D eigenvalue weighted by molar-refractivity contribution is 0.0951. The maximum Gasteiger partial charge on any atom is 0.253 e. The van der Waals surface area contributed by atoms with Crippen molar-refractivity contribution in [1.29, 1.82) is 0 Å². The van der Waals surface area contributed by atoms with Crippen molar-refractivity contribution in [3.63, 3.8) is 0 Å². The molecule has 2 aromatic rings. The van der Waals surface area contributed by atoms with Crippen LogP contribution in [0.1, 0.15) is 20.8 Å². The quantitative estimate of drug-likeness (QED) is 0.853. The van der Waals surface area contributed by atoms with E-state index in [0.29, 0.717) is 22.0 Å². The molecule has 6 heteroatoms. The number of amides is 1. The van der Waals surface area contributed by atoms with Gasteiger partial charge in [-0.2, -0.15) is 0 Å². The van der Waals surface area contributed by atoms with Crippen LogP contribution in [0.25, 0.3) is 0 Å². The zero-order valence-electron chi connectivity index (χ0n) is 10.4. The zero-order valence-corrected chi connectivity index (χ0v) is 12.0. The number of thiophene rings is 1. The molecule has 0 aliphatic rings. The number of hydrogen-bond donors (Lipinski definition) is 2. The Morgan fingerprint density at radius 3 is 3.00 bits per heavy atom. The molecule has 4 nitrogen and oxygen atoms in total. The van der Waals surface area contributed by atoms with Crippen LogP contribution >= 0.6 is 22.9 Å². The van der Waals surface area contributed by atoms with Crippen LogP contribution in [-0.2, 0) is 6.54 Å². The van der Waals surface area contributed by atoms with Gasteiger partial charge < -0.3 is 10.4 Å². The summed E-state index contributed by atoms with van der Waals surface area (Å²) in [6.45, 7) is 0.193. The van der Waals surface area contributed by atoms with Crippen molar-refractivity contribution >= 4 is 28.8 Å². The van der Waals surface area contributed by atoms with Gasteiger partial charge in [-0.05, 0) is 18.2 Å². The molecule has 0 atom stereocenters. The molecule has 0 fully saturated rings. The minimum Gasteiger partial charge on any atom is -0.384 e. The Hall–Kier alpha value is -1.87. The van der Waals surface area contributed by atoms with E-state index in [1.54, 1.807) is 18.3 Å². The van der Waals surface area contributed by atoms with Crippen molar-refractivity contribution in [3.8, 4) is 11.8 Å². The van der Waals surface area contributed by atoms with Gasteiger partial charge in [-0.3, -0.25) is 9.78 Å². The minimum atomic E-state index is -0.227. The molecule has 0 saturated heterocycles. The third-order valence-corrected chi connectivity index (χ3v) is 3.60. The molecule has 2 heterocycles. The molecule has 0 aliphatic heterocycles. The Morgan fingerprint density at radius 2 is 2.30 bits per heavy atom. The van der Waals surface area contributed by atoms with Crippen LogP contribution in [0.3, 0.4) is 0 Å². The van der Waals surface area contributed by atoms with E-state index in [1.165, 1.54) is 17.5 Å². The molecule has 0 radical (unpaired) electrons. The van der Waals surface area contributed by atoms with Crippen LogP contribution in [0.15, 0.2) is 30.6 Å². The van der Waals surface area contributed by atoms with Crippen LogP contribution in [0.5, 0.6) is 0 Å². The molecule has 102 valence electrons. The molecule has 2 rings (SSSR count). The van der Waals surface area contributed by atoms with Gasteiger partial charge >= 0.3 is 0 Å². The molecule has 0 saturated carbocycles. The van der Waals surface area contributed by atoms with Crippen molar-refractivity contribution in [2.75, 3.05) is 6.61 Å². The lowest BCUT2D eigenvalue weighted by atomic mass is 10.2. The Bertz CT molecular complexity index is 673. The van der Waals surface area contributed by atoms with Crippen molar-refractivity contribution < 1.29 is 9.90 Å². The molecule has 0 unspecified atom stereocenters. The number of nitrogens with one attached hydrogen (secondary N) is 1. The van der Waals surface area contributed by atoms with E-state index in [2.05, 4.69) is 22.1 Å². The van der Waals surface area contributed by atoms with Gasteiger partial charge in [0.25, 0.3) is 5.91 Å². The molecular weight excluding hydrogens is 296 g/mol. The summed E-state index contributed by atoms with van der Waals surface area (Å²) >= 11 is 7.25. The third kappa shape index (κ3) is 4.07. The van der Waals surface area contributed by atoms with Gasteiger partial charge in [0.1, 0.15) is 6.61 Å². The first-order valence-corrected chi connectivity index (χ1v) is 6.95. The highest BCUT2D eigenvalue weighted by atomic mass is 35.5. The summed E-state index contributed by atoms with van der Waals surface area (Å²) in [4.78, 5) is 16.9. The fourth-order valence-corrected chi connectivity index (χ4v) is 2.52. The van der Waals surface area contributed by atoms with Gasteiger partial charge in [0.2, 0.25) is 0 Å². The second-order valence-corrected chi connectivity index (χ2v) is 5.61. The fraction of sp³-hybridized carbons (Fsp3) is 0.143. The standard InChI is InChI=1S/C14H11ClN2O2S/c15-13-4-3-12(20-13)9-17-14(19)11-6-10(2-1-5-18)7-16-8-11/h3-4,6-8,18H,5,9H2,(H,17,19). The van der Waals surface area contributed by atoms with E-state index in [0.717, 1.165) is 4.88 Å². The van der Waals surface area contributed by atoms with Gasteiger partial charge in [0.15, 0.2) is 0 Å². The molecular formula is C14H11ClN2O2S. The maximum atomic E-state index is 12.0. The minimum absolute atomic E-state index is 0.227. The van der Waals surface area contributed by atoms with Gasteiger partial charge in [0, 0.05) is 22.8 Å². The first kappa shape index (κ1) is 14.5.